The van der Waals surface area contributed by atoms with Crippen LogP contribution in [0.2, 0.25) is 0 Å². The van der Waals surface area contributed by atoms with E-state index in [1.165, 1.54) is 19.2 Å². The fourth-order valence-electron chi connectivity index (χ4n) is 3.69. The Morgan fingerprint density at radius 2 is 1.57 bits per heavy atom. The molecular formula is C28H26FNO5. The molecule has 0 saturated heterocycles. The van der Waals surface area contributed by atoms with Crippen LogP contribution in [0.3, 0.4) is 0 Å². The number of alkyl carbamates (subject to hydrolysis) is 1. The summed E-state index contributed by atoms with van der Waals surface area (Å²) in [5.74, 6) is -0.190. The zero-order chi connectivity index (χ0) is 25.2. The highest BCUT2D eigenvalue weighted by Gasteiger charge is 2.18. The van der Waals surface area contributed by atoms with Crippen molar-refractivity contribution < 1.29 is 27.9 Å². The number of amides is 1. The van der Waals surface area contributed by atoms with Gasteiger partial charge in [-0.3, -0.25) is 0 Å². The quantitative estimate of drug-likeness (QED) is 0.324. The SMILES string of the molecule is COC(=O)c1ccc(-c2cc(-c3ccc(F)cc3)c3oc(CNC(=O)OC(C)(C)C)cc3c2)cc1. The number of benzene rings is 3. The monoisotopic (exact) mass is 475 g/mol. The zero-order valence-electron chi connectivity index (χ0n) is 20.0. The van der Waals surface area contributed by atoms with Gasteiger partial charge in [-0.15, -0.1) is 0 Å². The molecular weight excluding hydrogens is 449 g/mol. The van der Waals surface area contributed by atoms with Gasteiger partial charge in [0.2, 0.25) is 0 Å². The van der Waals surface area contributed by atoms with Crippen LogP contribution in [0.25, 0.3) is 33.2 Å². The van der Waals surface area contributed by atoms with Gasteiger partial charge in [-0.25, -0.2) is 14.0 Å². The van der Waals surface area contributed by atoms with E-state index in [1.807, 2.05) is 30.3 Å². The summed E-state index contributed by atoms with van der Waals surface area (Å²) in [6, 6.07) is 19.0. The molecule has 4 rings (SSSR count). The molecule has 0 aliphatic heterocycles. The summed E-state index contributed by atoms with van der Waals surface area (Å²) >= 11 is 0. The number of hydrogen-bond donors (Lipinski definition) is 1. The van der Waals surface area contributed by atoms with Crippen LogP contribution in [0.1, 0.15) is 36.9 Å². The second-order valence-corrected chi connectivity index (χ2v) is 9.09. The van der Waals surface area contributed by atoms with Crippen molar-refractivity contribution in [3.05, 3.63) is 83.9 Å². The van der Waals surface area contributed by atoms with Gasteiger partial charge in [0.1, 0.15) is 22.8 Å². The molecule has 1 amide bonds. The standard InChI is InChI=1S/C28H26FNO5/c1-28(2,3)35-27(32)30-16-23-14-21-13-20(17-5-7-19(8-6-17)26(31)33-4)15-24(25(21)34-23)18-9-11-22(29)12-10-18/h5-15H,16H2,1-4H3,(H,30,32). The number of rotatable bonds is 5. The van der Waals surface area contributed by atoms with Crippen LogP contribution in [0.5, 0.6) is 0 Å². The molecule has 0 fully saturated rings. The van der Waals surface area contributed by atoms with E-state index in [4.69, 9.17) is 13.9 Å². The van der Waals surface area contributed by atoms with Gasteiger partial charge in [-0.1, -0.05) is 24.3 Å². The zero-order valence-corrected chi connectivity index (χ0v) is 20.0. The molecule has 7 heteroatoms. The lowest BCUT2D eigenvalue weighted by Gasteiger charge is -2.19. The largest absolute Gasteiger partial charge is 0.465 e. The number of nitrogens with one attached hydrogen (secondary N) is 1. The molecule has 35 heavy (non-hydrogen) atoms. The van der Waals surface area contributed by atoms with E-state index < -0.39 is 17.7 Å². The molecule has 4 aromatic rings. The Bertz CT molecular complexity index is 1370. The maximum atomic E-state index is 13.6. The highest BCUT2D eigenvalue weighted by atomic mass is 19.1. The average Bonchev–Trinajstić information content (AvgIpc) is 3.24. The Hall–Kier alpha value is -4.13. The van der Waals surface area contributed by atoms with Gasteiger partial charge in [0.05, 0.1) is 19.2 Å². The summed E-state index contributed by atoms with van der Waals surface area (Å²) in [7, 11) is 1.34. The van der Waals surface area contributed by atoms with Gasteiger partial charge in [0.15, 0.2) is 0 Å². The summed E-state index contributed by atoms with van der Waals surface area (Å²) < 4.78 is 29.7. The maximum absolute atomic E-state index is 13.6. The van der Waals surface area contributed by atoms with Crippen LogP contribution < -0.4 is 5.32 Å². The van der Waals surface area contributed by atoms with Crippen LogP contribution in [-0.2, 0) is 16.0 Å². The number of esters is 1. The molecule has 0 radical (unpaired) electrons. The van der Waals surface area contributed by atoms with Crippen LogP contribution in [0.4, 0.5) is 9.18 Å². The number of carbonyl (C=O) groups excluding carboxylic acids is 2. The summed E-state index contributed by atoms with van der Waals surface area (Å²) in [5, 5.41) is 3.52. The van der Waals surface area contributed by atoms with Gasteiger partial charge >= 0.3 is 12.1 Å². The minimum Gasteiger partial charge on any atom is -0.465 e. The number of halogens is 1. The molecule has 0 spiro atoms. The van der Waals surface area contributed by atoms with Gasteiger partial charge in [0, 0.05) is 10.9 Å². The highest BCUT2D eigenvalue weighted by Crippen LogP contribution is 2.36. The number of carbonyl (C=O) groups is 2. The van der Waals surface area contributed by atoms with Gasteiger partial charge < -0.3 is 19.2 Å². The van der Waals surface area contributed by atoms with E-state index in [1.54, 1.807) is 45.0 Å². The lowest BCUT2D eigenvalue weighted by atomic mass is 9.96. The van der Waals surface area contributed by atoms with Crippen LogP contribution in [-0.4, -0.2) is 24.8 Å². The second-order valence-electron chi connectivity index (χ2n) is 9.09. The predicted molar refractivity (Wildman–Crippen MR) is 131 cm³/mol. The lowest BCUT2D eigenvalue weighted by molar-refractivity contribution is 0.0519. The Morgan fingerprint density at radius 3 is 2.20 bits per heavy atom. The van der Waals surface area contributed by atoms with Gasteiger partial charge in [-0.05, 0) is 79.9 Å². The summed E-state index contributed by atoms with van der Waals surface area (Å²) in [4.78, 5) is 23.8. The fraction of sp³-hybridized carbons (Fsp3) is 0.214. The lowest BCUT2D eigenvalue weighted by Crippen LogP contribution is -2.32. The van der Waals surface area contributed by atoms with Gasteiger partial charge in [-0.2, -0.15) is 0 Å². The molecule has 1 aromatic heterocycles. The summed E-state index contributed by atoms with van der Waals surface area (Å²) in [6.07, 6.45) is -0.539. The van der Waals surface area contributed by atoms with Crippen molar-refractivity contribution in [3.63, 3.8) is 0 Å². The Morgan fingerprint density at radius 1 is 0.914 bits per heavy atom. The Balaban J connectivity index is 1.73. The van der Waals surface area contributed by atoms with Crippen LogP contribution >= 0.6 is 0 Å². The van der Waals surface area contributed by atoms with Crippen molar-refractivity contribution in [2.45, 2.75) is 32.9 Å². The summed E-state index contributed by atoms with van der Waals surface area (Å²) in [5.41, 5.74) is 3.80. The first-order chi connectivity index (χ1) is 16.6. The van der Waals surface area contributed by atoms with E-state index in [-0.39, 0.29) is 12.4 Å². The molecule has 1 heterocycles. The number of fused-ring (bicyclic) bond motifs is 1. The predicted octanol–water partition coefficient (Wildman–Crippen LogP) is 6.72. The molecule has 0 unspecified atom stereocenters. The average molecular weight is 476 g/mol. The summed E-state index contributed by atoms with van der Waals surface area (Å²) in [6.45, 7) is 5.53. The molecule has 6 nitrogen and oxygen atoms in total. The molecule has 0 atom stereocenters. The third kappa shape index (κ3) is 5.69. The third-order valence-electron chi connectivity index (χ3n) is 5.27. The van der Waals surface area contributed by atoms with Crippen molar-refractivity contribution in [3.8, 4) is 22.3 Å². The first-order valence-corrected chi connectivity index (χ1v) is 11.1. The molecule has 0 saturated carbocycles. The van der Waals surface area contributed by atoms with Crippen molar-refractivity contribution in [2.75, 3.05) is 7.11 Å². The molecule has 0 bridgehead atoms. The first kappa shape index (κ1) is 24.0. The molecule has 3 aromatic carbocycles. The number of methoxy groups -OCH3 is 1. The van der Waals surface area contributed by atoms with Crippen molar-refractivity contribution in [1.29, 1.82) is 0 Å². The number of furan rings is 1. The van der Waals surface area contributed by atoms with E-state index in [0.29, 0.717) is 16.9 Å². The molecule has 1 N–H and O–H groups in total. The van der Waals surface area contributed by atoms with Crippen molar-refractivity contribution in [1.82, 2.24) is 5.32 Å². The molecule has 180 valence electrons. The Labute approximate surface area is 202 Å². The Kier molecular flexibility index (Phi) is 6.60. The minimum atomic E-state index is -0.605. The van der Waals surface area contributed by atoms with E-state index in [9.17, 15) is 14.0 Å². The fourth-order valence-corrected chi connectivity index (χ4v) is 3.69. The smallest absolute Gasteiger partial charge is 0.408 e. The maximum Gasteiger partial charge on any atom is 0.408 e. The highest BCUT2D eigenvalue weighted by molar-refractivity contribution is 5.97. The van der Waals surface area contributed by atoms with Gasteiger partial charge in [0.25, 0.3) is 0 Å². The van der Waals surface area contributed by atoms with E-state index in [0.717, 1.165) is 27.6 Å². The van der Waals surface area contributed by atoms with E-state index in [2.05, 4.69) is 5.32 Å². The molecule has 0 aliphatic carbocycles. The minimum absolute atomic E-state index is 0.148. The topological polar surface area (TPSA) is 77.8 Å². The second kappa shape index (κ2) is 9.62. The third-order valence-corrected chi connectivity index (χ3v) is 5.27. The number of hydrogen-bond acceptors (Lipinski definition) is 5. The van der Waals surface area contributed by atoms with Crippen LogP contribution in [0, 0.1) is 5.82 Å². The number of ether oxygens (including phenoxy) is 2. The van der Waals surface area contributed by atoms with Crippen molar-refractivity contribution in [2.24, 2.45) is 0 Å². The van der Waals surface area contributed by atoms with Crippen LogP contribution in [0.15, 0.2) is 71.1 Å². The van der Waals surface area contributed by atoms with Crippen molar-refractivity contribution >= 4 is 23.0 Å². The first-order valence-electron chi connectivity index (χ1n) is 11.1. The van der Waals surface area contributed by atoms with E-state index >= 15 is 0 Å². The molecule has 0 aliphatic rings. The normalized spacial score (nSPS) is 11.3.